The SMILES string of the molecule is COc1cc(NCC(O)(CC(C)(C)c2cc(F)ccc2OC)C(F)(F)F)c2cn[nH]c2c1. The number of H-pyrrole nitrogens is 1. The molecule has 0 aliphatic rings. The highest BCUT2D eigenvalue weighted by Crippen LogP contribution is 2.44. The molecule has 174 valence electrons. The maximum atomic E-state index is 14.1. The molecule has 0 bridgehead atoms. The van der Waals surface area contributed by atoms with Crippen LogP contribution < -0.4 is 14.8 Å². The number of hydrogen-bond donors (Lipinski definition) is 3. The zero-order valence-electron chi connectivity index (χ0n) is 18.1. The molecule has 10 heteroatoms. The quantitative estimate of drug-likeness (QED) is 0.426. The van der Waals surface area contributed by atoms with Crippen molar-refractivity contribution >= 4 is 16.6 Å². The molecule has 32 heavy (non-hydrogen) atoms. The first-order valence-electron chi connectivity index (χ1n) is 9.78. The van der Waals surface area contributed by atoms with Gasteiger partial charge in [-0.25, -0.2) is 4.39 Å². The van der Waals surface area contributed by atoms with Crippen LogP contribution in [-0.4, -0.2) is 47.8 Å². The Kier molecular flexibility index (Phi) is 6.28. The maximum Gasteiger partial charge on any atom is 0.418 e. The minimum Gasteiger partial charge on any atom is -0.497 e. The fraction of sp³-hybridized carbons (Fsp3) is 0.409. The van der Waals surface area contributed by atoms with Crippen molar-refractivity contribution in [3.8, 4) is 11.5 Å². The Balaban J connectivity index is 1.94. The molecule has 0 spiro atoms. The number of aliphatic hydroxyl groups is 1. The minimum absolute atomic E-state index is 0.223. The van der Waals surface area contributed by atoms with Gasteiger partial charge in [-0.1, -0.05) is 13.8 Å². The molecule has 1 unspecified atom stereocenters. The molecule has 0 aliphatic heterocycles. The summed E-state index contributed by atoms with van der Waals surface area (Å²) in [5.74, 6) is 0.0349. The van der Waals surface area contributed by atoms with E-state index in [2.05, 4.69) is 15.5 Å². The monoisotopic (exact) mass is 455 g/mol. The molecular formula is C22H25F4N3O3. The standard InChI is InChI=1S/C22H25F4N3O3/c1-20(2,16-7-13(23)5-6-19(16)32-4)11-21(30,22(24,25)26)12-27-17-8-14(31-3)9-18-15(17)10-28-29-18/h5-10,27,30H,11-12H2,1-4H3,(H,28,29). The molecule has 3 rings (SSSR count). The summed E-state index contributed by atoms with van der Waals surface area (Å²) in [5, 5.41) is 20.7. The van der Waals surface area contributed by atoms with Crippen LogP contribution in [0.2, 0.25) is 0 Å². The van der Waals surface area contributed by atoms with Crippen LogP contribution in [0.3, 0.4) is 0 Å². The van der Waals surface area contributed by atoms with Crippen molar-refractivity contribution in [1.82, 2.24) is 10.2 Å². The van der Waals surface area contributed by atoms with E-state index in [1.54, 1.807) is 6.07 Å². The normalized spacial score (nSPS) is 14.3. The van der Waals surface area contributed by atoms with Crippen LogP contribution in [0.1, 0.15) is 25.8 Å². The van der Waals surface area contributed by atoms with E-state index in [1.807, 2.05) is 0 Å². The highest BCUT2D eigenvalue weighted by atomic mass is 19.4. The van der Waals surface area contributed by atoms with Crippen LogP contribution in [-0.2, 0) is 5.41 Å². The van der Waals surface area contributed by atoms with Gasteiger partial charge in [0.05, 0.1) is 32.5 Å². The molecule has 1 aromatic heterocycles. The topological polar surface area (TPSA) is 79.4 Å². The number of halogens is 4. The molecule has 3 N–H and O–H groups in total. The Morgan fingerprint density at radius 3 is 2.44 bits per heavy atom. The number of benzene rings is 2. The Labute approximate surface area is 182 Å². The van der Waals surface area contributed by atoms with E-state index in [9.17, 15) is 22.7 Å². The largest absolute Gasteiger partial charge is 0.497 e. The fourth-order valence-corrected chi connectivity index (χ4v) is 3.83. The first-order chi connectivity index (χ1) is 14.9. The molecule has 3 aromatic rings. The van der Waals surface area contributed by atoms with E-state index >= 15 is 0 Å². The summed E-state index contributed by atoms with van der Waals surface area (Å²) in [7, 11) is 2.78. The average molecular weight is 455 g/mol. The number of aromatic nitrogens is 2. The van der Waals surface area contributed by atoms with Crippen molar-refractivity contribution < 1.29 is 32.1 Å². The predicted molar refractivity (Wildman–Crippen MR) is 113 cm³/mol. The molecular weight excluding hydrogens is 430 g/mol. The minimum atomic E-state index is -4.97. The third-order valence-corrected chi connectivity index (χ3v) is 5.49. The molecule has 0 aliphatic carbocycles. The lowest BCUT2D eigenvalue weighted by Crippen LogP contribution is -2.53. The molecule has 6 nitrogen and oxygen atoms in total. The predicted octanol–water partition coefficient (Wildman–Crippen LogP) is 4.79. The number of methoxy groups -OCH3 is 2. The second-order valence-corrected chi connectivity index (χ2v) is 8.29. The van der Waals surface area contributed by atoms with Gasteiger partial charge in [-0.2, -0.15) is 18.3 Å². The molecule has 0 saturated carbocycles. The summed E-state index contributed by atoms with van der Waals surface area (Å²) in [4.78, 5) is 0. The van der Waals surface area contributed by atoms with Gasteiger partial charge < -0.3 is 19.9 Å². The van der Waals surface area contributed by atoms with Crippen molar-refractivity contribution in [1.29, 1.82) is 0 Å². The van der Waals surface area contributed by atoms with E-state index in [1.165, 1.54) is 46.4 Å². The second kappa shape index (κ2) is 8.50. The van der Waals surface area contributed by atoms with Crippen molar-refractivity contribution in [2.24, 2.45) is 0 Å². The van der Waals surface area contributed by atoms with Gasteiger partial charge in [-0.3, -0.25) is 5.10 Å². The van der Waals surface area contributed by atoms with E-state index in [-0.39, 0.29) is 11.3 Å². The summed E-state index contributed by atoms with van der Waals surface area (Å²) in [5.41, 5.74) is -3.31. The van der Waals surface area contributed by atoms with Crippen molar-refractivity contribution in [3.63, 3.8) is 0 Å². The average Bonchev–Trinajstić information content (AvgIpc) is 3.19. The smallest absolute Gasteiger partial charge is 0.418 e. The summed E-state index contributed by atoms with van der Waals surface area (Å²) in [6.07, 6.45) is -4.24. The summed E-state index contributed by atoms with van der Waals surface area (Å²) in [6.45, 7) is 2.16. The maximum absolute atomic E-state index is 14.1. The van der Waals surface area contributed by atoms with Gasteiger partial charge in [0.15, 0.2) is 5.60 Å². The lowest BCUT2D eigenvalue weighted by molar-refractivity contribution is -0.260. The molecule has 0 amide bonds. The van der Waals surface area contributed by atoms with Crippen LogP contribution in [0.25, 0.3) is 10.9 Å². The number of hydrogen-bond acceptors (Lipinski definition) is 5. The lowest BCUT2D eigenvalue weighted by Gasteiger charge is -2.38. The molecule has 2 aromatic carbocycles. The number of nitrogens with one attached hydrogen (secondary N) is 2. The van der Waals surface area contributed by atoms with Gasteiger partial charge >= 0.3 is 6.18 Å². The van der Waals surface area contributed by atoms with Gasteiger partial charge in [0, 0.05) is 28.8 Å². The summed E-state index contributed by atoms with van der Waals surface area (Å²) < 4.78 is 66.5. The van der Waals surface area contributed by atoms with Crippen LogP contribution in [0, 0.1) is 5.82 Å². The number of anilines is 1. The number of ether oxygens (including phenoxy) is 2. The number of fused-ring (bicyclic) bond motifs is 1. The van der Waals surface area contributed by atoms with Gasteiger partial charge in [0.1, 0.15) is 17.3 Å². The third kappa shape index (κ3) is 4.59. The number of nitrogens with zero attached hydrogens (tertiary/aromatic N) is 1. The summed E-state index contributed by atoms with van der Waals surface area (Å²) in [6, 6.07) is 6.82. The fourth-order valence-electron chi connectivity index (χ4n) is 3.83. The van der Waals surface area contributed by atoms with Crippen LogP contribution in [0.5, 0.6) is 11.5 Å². The van der Waals surface area contributed by atoms with Crippen molar-refractivity contribution in [3.05, 3.63) is 47.9 Å². The highest BCUT2D eigenvalue weighted by molar-refractivity contribution is 5.92. The van der Waals surface area contributed by atoms with Gasteiger partial charge in [0.2, 0.25) is 0 Å². The van der Waals surface area contributed by atoms with Crippen molar-refractivity contribution in [2.75, 3.05) is 26.1 Å². The van der Waals surface area contributed by atoms with E-state index in [0.29, 0.717) is 22.3 Å². The Bertz CT molecular complexity index is 1100. The van der Waals surface area contributed by atoms with Crippen molar-refractivity contribution in [2.45, 2.75) is 37.5 Å². The molecule has 1 heterocycles. The summed E-state index contributed by atoms with van der Waals surface area (Å²) >= 11 is 0. The van der Waals surface area contributed by atoms with Crippen LogP contribution in [0.15, 0.2) is 36.5 Å². The van der Waals surface area contributed by atoms with Gasteiger partial charge in [-0.15, -0.1) is 0 Å². The van der Waals surface area contributed by atoms with E-state index in [0.717, 1.165) is 12.1 Å². The number of aromatic amines is 1. The van der Waals surface area contributed by atoms with Gasteiger partial charge in [0.25, 0.3) is 0 Å². The molecule has 1 atom stereocenters. The lowest BCUT2D eigenvalue weighted by atomic mass is 9.74. The van der Waals surface area contributed by atoms with E-state index in [4.69, 9.17) is 9.47 Å². The van der Waals surface area contributed by atoms with Crippen LogP contribution >= 0.6 is 0 Å². The zero-order valence-corrected chi connectivity index (χ0v) is 18.1. The number of alkyl halides is 3. The Hall–Kier alpha value is -3.01. The molecule has 0 fully saturated rings. The Morgan fingerprint density at radius 2 is 1.81 bits per heavy atom. The second-order valence-electron chi connectivity index (χ2n) is 8.29. The van der Waals surface area contributed by atoms with Crippen LogP contribution in [0.4, 0.5) is 23.2 Å². The molecule has 0 saturated heterocycles. The molecule has 0 radical (unpaired) electrons. The van der Waals surface area contributed by atoms with E-state index < -0.39 is 36.0 Å². The van der Waals surface area contributed by atoms with Gasteiger partial charge in [-0.05, 0) is 30.0 Å². The first kappa shape index (κ1) is 23.6. The number of rotatable bonds is 8. The highest BCUT2D eigenvalue weighted by Gasteiger charge is 2.56. The third-order valence-electron chi connectivity index (χ3n) is 5.49. The zero-order chi connectivity index (χ0) is 23.7. The first-order valence-corrected chi connectivity index (χ1v) is 9.78. The Morgan fingerprint density at radius 1 is 1.09 bits per heavy atom.